The van der Waals surface area contributed by atoms with Crippen LogP contribution in [0.4, 0.5) is 0 Å². The summed E-state index contributed by atoms with van der Waals surface area (Å²) in [6.07, 6.45) is 4.57. The zero-order valence-electron chi connectivity index (χ0n) is 11.3. The maximum absolute atomic E-state index is 12.3. The molecule has 4 nitrogen and oxygen atoms in total. The molecule has 1 saturated carbocycles. The number of aliphatic hydroxyl groups is 1. The van der Waals surface area contributed by atoms with Crippen molar-refractivity contribution in [3.05, 3.63) is 29.8 Å². The Hall–Kier alpha value is -1.35. The van der Waals surface area contributed by atoms with E-state index >= 15 is 0 Å². The van der Waals surface area contributed by atoms with Gasteiger partial charge in [-0.05, 0) is 24.5 Å². The minimum absolute atomic E-state index is 0.176. The number of rotatable bonds is 5. The number of nitrogens with one attached hydrogen (secondary N) is 1. The molecule has 2 rings (SSSR count). The highest BCUT2D eigenvalue weighted by Crippen LogP contribution is 2.28. The van der Waals surface area contributed by atoms with Crippen LogP contribution in [-0.4, -0.2) is 26.7 Å². The quantitative estimate of drug-likeness (QED) is 0.809. The number of hydrogen-bond acceptors (Lipinski definition) is 3. The molecule has 2 N–H and O–H groups in total. The first-order valence-corrected chi connectivity index (χ1v) is 8.30. The Morgan fingerprint density at radius 3 is 2.70 bits per heavy atom. The summed E-state index contributed by atoms with van der Waals surface area (Å²) in [6, 6.07) is 6.58. The zero-order chi connectivity index (χ0) is 14.4. The van der Waals surface area contributed by atoms with Crippen molar-refractivity contribution in [2.45, 2.75) is 30.6 Å². The van der Waals surface area contributed by atoms with E-state index in [9.17, 15) is 8.42 Å². The Morgan fingerprint density at radius 2 is 2.05 bits per heavy atom. The maximum atomic E-state index is 12.3. The second-order valence-electron chi connectivity index (χ2n) is 4.94. The molecule has 1 aliphatic rings. The van der Waals surface area contributed by atoms with Gasteiger partial charge in [-0.25, -0.2) is 13.1 Å². The highest BCUT2D eigenvalue weighted by atomic mass is 32.2. The van der Waals surface area contributed by atoms with Crippen molar-refractivity contribution in [1.82, 2.24) is 4.72 Å². The lowest BCUT2D eigenvalue weighted by Crippen LogP contribution is -2.28. The number of sulfonamides is 1. The highest BCUT2D eigenvalue weighted by Gasteiger charge is 2.20. The molecule has 0 unspecified atom stereocenters. The van der Waals surface area contributed by atoms with E-state index in [1.54, 1.807) is 18.2 Å². The van der Waals surface area contributed by atoms with E-state index < -0.39 is 10.0 Å². The van der Waals surface area contributed by atoms with E-state index in [4.69, 9.17) is 5.11 Å². The number of aliphatic hydroxyl groups excluding tert-OH is 1. The minimum Gasteiger partial charge on any atom is -0.384 e. The molecule has 0 radical (unpaired) electrons. The van der Waals surface area contributed by atoms with Crippen molar-refractivity contribution in [2.75, 3.05) is 13.2 Å². The maximum Gasteiger partial charge on any atom is 0.241 e. The average Bonchev–Trinajstić information content (AvgIpc) is 2.39. The van der Waals surface area contributed by atoms with Gasteiger partial charge in [0.2, 0.25) is 10.0 Å². The summed E-state index contributed by atoms with van der Waals surface area (Å²) in [5, 5.41) is 8.72. The molecule has 20 heavy (non-hydrogen) atoms. The van der Waals surface area contributed by atoms with Crippen molar-refractivity contribution in [2.24, 2.45) is 5.92 Å². The standard InChI is InChI=1S/C15H19NO3S/c17-12-4-8-14-7-1-2-9-15(14)20(18,19)16-11-10-13-5-3-6-13/h1-2,7,9,13,16-17H,3,5-6,10-12H2. The summed E-state index contributed by atoms with van der Waals surface area (Å²) in [5.74, 6) is 5.82. The molecule has 1 fully saturated rings. The predicted molar refractivity (Wildman–Crippen MR) is 77.6 cm³/mol. The highest BCUT2D eigenvalue weighted by molar-refractivity contribution is 7.89. The molecule has 0 amide bonds. The van der Waals surface area contributed by atoms with Crippen molar-refractivity contribution >= 4 is 10.0 Å². The minimum atomic E-state index is -3.54. The van der Waals surface area contributed by atoms with Gasteiger partial charge in [-0.15, -0.1) is 0 Å². The van der Waals surface area contributed by atoms with Gasteiger partial charge in [-0.3, -0.25) is 0 Å². The smallest absolute Gasteiger partial charge is 0.241 e. The fourth-order valence-corrected chi connectivity index (χ4v) is 3.40. The van der Waals surface area contributed by atoms with Crippen LogP contribution in [0.3, 0.4) is 0 Å². The Morgan fingerprint density at radius 1 is 1.30 bits per heavy atom. The summed E-state index contributed by atoms with van der Waals surface area (Å²) in [6.45, 7) is 0.179. The first kappa shape index (κ1) is 15.0. The van der Waals surface area contributed by atoms with Crippen molar-refractivity contribution in [3.63, 3.8) is 0 Å². The van der Waals surface area contributed by atoms with Crippen LogP contribution in [-0.2, 0) is 10.0 Å². The summed E-state index contributed by atoms with van der Waals surface area (Å²) >= 11 is 0. The zero-order valence-corrected chi connectivity index (χ0v) is 12.1. The Bertz CT molecular complexity index is 609. The molecule has 0 heterocycles. The van der Waals surface area contributed by atoms with Crippen LogP contribution in [0.15, 0.2) is 29.2 Å². The monoisotopic (exact) mass is 293 g/mol. The average molecular weight is 293 g/mol. The van der Waals surface area contributed by atoms with Gasteiger partial charge in [-0.2, -0.15) is 0 Å². The van der Waals surface area contributed by atoms with E-state index in [0.717, 1.165) is 6.42 Å². The van der Waals surface area contributed by atoms with Crippen molar-refractivity contribution in [1.29, 1.82) is 0 Å². The summed E-state index contributed by atoms with van der Waals surface area (Å²) < 4.78 is 27.2. The molecule has 108 valence electrons. The molecule has 0 saturated heterocycles. The lowest BCUT2D eigenvalue weighted by Gasteiger charge is -2.25. The van der Waals surface area contributed by atoms with Crippen LogP contribution in [0.5, 0.6) is 0 Å². The molecule has 0 atom stereocenters. The number of benzene rings is 1. The SMILES string of the molecule is O=S(=O)(NCCC1CCC1)c1ccccc1C#CCO. The summed E-state index contributed by atoms with van der Waals surface area (Å²) in [5.41, 5.74) is 0.415. The van der Waals surface area contributed by atoms with Gasteiger partial charge < -0.3 is 5.11 Å². The first-order chi connectivity index (χ1) is 9.63. The Kier molecular flexibility index (Phi) is 5.18. The topological polar surface area (TPSA) is 66.4 Å². The van der Waals surface area contributed by atoms with Gasteiger partial charge in [0.1, 0.15) is 6.61 Å². The van der Waals surface area contributed by atoms with E-state index in [-0.39, 0.29) is 11.5 Å². The van der Waals surface area contributed by atoms with Crippen LogP contribution >= 0.6 is 0 Å². The normalized spacial score (nSPS) is 15.2. The van der Waals surface area contributed by atoms with Crippen LogP contribution < -0.4 is 4.72 Å². The predicted octanol–water partition coefficient (Wildman–Crippen LogP) is 1.50. The second-order valence-corrected chi connectivity index (χ2v) is 6.67. The molecular weight excluding hydrogens is 274 g/mol. The molecule has 0 aliphatic heterocycles. The third kappa shape index (κ3) is 3.83. The van der Waals surface area contributed by atoms with Crippen LogP contribution in [0, 0.1) is 17.8 Å². The molecular formula is C15H19NO3S. The summed E-state index contributed by atoms with van der Waals surface area (Å²) in [4.78, 5) is 0.176. The fraction of sp³-hybridized carbons (Fsp3) is 0.467. The van der Waals surface area contributed by atoms with E-state index in [0.29, 0.717) is 18.0 Å². The molecule has 0 spiro atoms. The lowest BCUT2D eigenvalue weighted by molar-refractivity contribution is 0.297. The Labute approximate surface area is 120 Å². The van der Waals surface area contributed by atoms with Gasteiger partial charge in [0.25, 0.3) is 0 Å². The first-order valence-electron chi connectivity index (χ1n) is 6.82. The van der Waals surface area contributed by atoms with Crippen LogP contribution in [0.1, 0.15) is 31.2 Å². The largest absolute Gasteiger partial charge is 0.384 e. The van der Waals surface area contributed by atoms with E-state index in [1.807, 2.05) is 0 Å². The van der Waals surface area contributed by atoms with Gasteiger partial charge in [0, 0.05) is 12.1 Å². The molecule has 0 bridgehead atoms. The van der Waals surface area contributed by atoms with E-state index in [1.165, 1.54) is 25.3 Å². The molecule has 5 heteroatoms. The van der Waals surface area contributed by atoms with Gasteiger partial charge in [0.15, 0.2) is 0 Å². The fourth-order valence-electron chi connectivity index (χ4n) is 2.20. The van der Waals surface area contributed by atoms with Crippen LogP contribution in [0.2, 0.25) is 0 Å². The van der Waals surface area contributed by atoms with Gasteiger partial charge in [-0.1, -0.05) is 43.2 Å². The Balaban J connectivity index is 2.07. The molecule has 1 aliphatic carbocycles. The number of hydrogen-bond donors (Lipinski definition) is 2. The lowest BCUT2D eigenvalue weighted by atomic mass is 9.83. The second kappa shape index (κ2) is 6.89. The molecule has 1 aromatic rings. The van der Waals surface area contributed by atoms with Crippen molar-refractivity contribution in [3.8, 4) is 11.8 Å². The van der Waals surface area contributed by atoms with Crippen LogP contribution in [0.25, 0.3) is 0 Å². The van der Waals surface area contributed by atoms with Gasteiger partial charge >= 0.3 is 0 Å². The third-order valence-corrected chi connectivity index (χ3v) is 5.07. The molecule has 1 aromatic carbocycles. The van der Waals surface area contributed by atoms with E-state index in [2.05, 4.69) is 16.6 Å². The van der Waals surface area contributed by atoms with Crippen molar-refractivity contribution < 1.29 is 13.5 Å². The third-order valence-electron chi connectivity index (χ3n) is 3.55. The van der Waals surface area contributed by atoms with Gasteiger partial charge in [0.05, 0.1) is 4.90 Å². The molecule has 0 aromatic heterocycles. The summed E-state index contributed by atoms with van der Waals surface area (Å²) in [7, 11) is -3.54.